The third-order valence-corrected chi connectivity index (χ3v) is 8.23. The van der Waals surface area contributed by atoms with Gasteiger partial charge in [-0.25, -0.2) is 4.79 Å². The molecular weight excluding hydrogens is 382 g/mol. The molecule has 4 heterocycles. The Morgan fingerprint density at radius 3 is 2.68 bits per heavy atom. The largest absolute Gasteiger partial charge is 0.477 e. The van der Waals surface area contributed by atoms with E-state index in [-0.39, 0.29) is 40.8 Å². The molecule has 3 saturated heterocycles. The predicted molar refractivity (Wildman–Crippen MR) is 104 cm³/mol. The van der Waals surface area contributed by atoms with E-state index in [0.717, 1.165) is 30.8 Å². The quantitative estimate of drug-likeness (QED) is 0.374. The second-order valence-electron chi connectivity index (χ2n) is 8.51. The molecule has 8 nitrogen and oxygen atoms in total. The van der Waals surface area contributed by atoms with Crippen molar-refractivity contribution < 1.29 is 24.9 Å². The first-order valence-electron chi connectivity index (χ1n) is 10.1. The summed E-state index contributed by atoms with van der Waals surface area (Å²) >= 11 is 1.52. The van der Waals surface area contributed by atoms with Gasteiger partial charge in [0.2, 0.25) is 5.91 Å². The van der Waals surface area contributed by atoms with Crippen LogP contribution in [0.3, 0.4) is 0 Å². The minimum absolute atomic E-state index is 0.0110. The highest BCUT2D eigenvalue weighted by Crippen LogP contribution is 2.51. The number of aliphatic hydroxyl groups excluding tert-OH is 2. The first-order chi connectivity index (χ1) is 13.3. The lowest BCUT2D eigenvalue weighted by atomic mass is 9.79. The number of carboxylic acids is 1. The molecule has 4 aliphatic heterocycles. The molecule has 0 aliphatic carbocycles. The maximum atomic E-state index is 12.4. The normalized spacial score (nSPS) is 39.9. The smallest absolute Gasteiger partial charge is 0.353 e. The van der Waals surface area contributed by atoms with E-state index in [0.29, 0.717) is 6.54 Å². The van der Waals surface area contributed by atoms with Gasteiger partial charge in [-0.2, -0.15) is 0 Å². The maximum Gasteiger partial charge on any atom is 0.353 e. The highest BCUT2D eigenvalue weighted by molar-refractivity contribution is 8.03. The van der Waals surface area contributed by atoms with Crippen molar-refractivity contribution in [2.45, 2.75) is 56.2 Å². The third-order valence-electron chi connectivity index (χ3n) is 6.72. The van der Waals surface area contributed by atoms with Crippen molar-refractivity contribution in [2.24, 2.45) is 17.8 Å². The molecule has 156 valence electrons. The molecule has 8 atom stereocenters. The fraction of sp³-hybridized carbons (Fsp3) is 0.789. The summed E-state index contributed by atoms with van der Waals surface area (Å²) in [7, 11) is 0. The number of β-lactam (4-membered cyclic amide) rings is 1. The Labute approximate surface area is 168 Å². The number of hydrogen-bond donors (Lipinski definition) is 5. The summed E-state index contributed by atoms with van der Waals surface area (Å²) in [5, 5.41) is 37.2. The van der Waals surface area contributed by atoms with Gasteiger partial charge in [0.1, 0.15) is 5.70 Å². The van der Waals surface area contributed by atoms with E-state index in [1.807, 2.05) is 6.92 Å². The number of amides is 1. The fourth-order valence-corrected chi connectivity index (χ4v) is 6.73. The van der Waals surface area contributed by atoms with Gasteiger partial charge in [-0.3, -0.25) is 4.79 Å². The number of nitrogens with one attached hydrogen (secondary N) is 2. The second kappa shape index (κ2) is 7.60. The van der Waals surface area contributed by atoms with Crippen LogP contribution in [0.4, 0.5) is 0 Å². The van der Waals surface area contributed by atoms with Crippen LogP contribution in [0.1, 0.15) is 26.7 Å². The third kappa shape index (κ3) is 3.17. The molecule has 0 aromatic carbocycles. The lowest BCUT2D eigenvalue weighted by molar-refractivity contribution is -0.163. The highest BCUT2D eigenvalue weighted by Gasteiger charge is 2.60. The summed E-state index contributed by atoms with van der Waals surface area (Å²) in [5.41, 5.74) is 0.0772. The summed E-state index contributed by atoms with van der Waals surface area (Å²) in [6.45, 7) is 6.00. The van der Waals surface area contributed by atoms with Gasteiger partial charge < -0.3 is 30.9 Å². The van der Waals surface area contributed by atoms with Gasteiger partial charge in [0.05, 0.1) is 24.2 Å². The number of carbonyl (C=O) groups excluding carboxylic acids is 1. The van der Waals surface area contributed by atoms with E-state index >= 15 is 0 Å². The molecule has 0 spiro atoms. The van der Waals surface area contributed by atoms with Gasteiger partial charge in [0, 0.05) is 41.1 Å². The van der Waals surface area contributed by atoms with Gasteiger partial charge in [-0.15, -0.1) is 11.8 Å². The molecule has 4 aliphatic rings. The van der Waals surface area contributed by atoms with Gasteiger partial charge in [0.15, 0.2) is 0 Å². The molecule has 0 radical (unpaired) electrons. The molecule has 0 aromatic rings. The summed E-state index contributed by atoms with van der Waals surface area (Å²) in [6.07, 6.45) is 0.547. The predicted octanol–water partition coefficient (Wildman–Crippen LogP) is -0.426. The van der Waals surface area contributed by atoms with Crippen LogP contribution in [0, 0.1) is 17.8 Å². The zero-order valence-corrected chi connectivity index (χ0v) is 17.0. The van der Waals surface area contributed by atoms with Crippen LogP contribution < -0.4 is 10.6 Å². The maximum absolute atomic E-state index is 12.4. The van der Waals surface area contributed by atoms with Crippen molar-refractivity contribution in [3.63, 3.8) is 0 Å². The standard InChI is InChI=1S/C19H29N3O5S/c1-8-14-13(9(2)23)18(25)22(14)15(19(26)27)17(8)28-11-5-12(21-7-11)16(24)10-3-4-20-6-10/h8-14,16,20-21,23-24H,3-7H2,1-2H3,(H,26,27)/t8-,9-,10?,11+,12+,13-,14-,16-/m1/s1. The lowest BCUT2D eigenvalue weighted by Gasteiger charge is -2.46. The molecule has 0 bridgehead atoms. The molecule has 1 amide bonds. The number of rotatable bonds is 6. The Morgan fingerprint density at radius 2 is 2.07 bits per heavy atom. The van der Waals surface area contributed by atoms with Crippen molar-refractivity contribution in [3.8, 4) is 0 Å². The Hall–Kier alpha value is -1.13. The van der Waals surface area contributed by atoms with E-state index in [2.05, 4.69) is 10.6 Å². The van der Waals surface area contributed by atoms with Gasteiger partial charge in [-0.05, 0) is 26.3 Å². The Kier molecular flexibility index (Phi) is 5.47. The molecule has 28 heavy (non-hydrogen) atoms. The van der Waals surface area contributed by atoms with Crippen LogP contribution in [-0.2, 0) is 9.59 Å². The van der Waals surface area contributed by atoms with Crippen LogP contribution in [0.2, 0.25) is 0 Å². The number of carboxylic acid groups (broad SMARTS) is 1. The average molecular weight is 412 g/mol. The zero-order valence-electron chi connectivity index (χ0n) is 16.2. The van der Waals surface area contributed by atoms with E-state index in [4.69, 9.17) is 0 Å². The summed E-state index contributed by atoms with van der Waals surface area (Å²) < 4.78 is 0. The van der Waals surface area contributed by atoms with Crippen LogP contribution in [0.5, 0.6) is 0 Å². The number of fused-ring (bicyclic) bond motifs is 1. The Morgan fingerprint density at radius 1 is 1.32 bits per heavy atom. The van der Waals surface area contributed by atoms with E-state index in [1.54, 1.807) is 6.92 Å². The molecule has 9 heteroatoms. The molecule has 0 saturated carbocycles. The van der Waals surface area contributed by atoms with Crippen LogP contribution >= 0.6 is 11.8 Å². The van der Waals surface area contributed by atoms with Gasteiger partial charge >= 0.3 is 5.97 Å². The molecule has 0 aromatic heterocycles. The highest BCUT2D eigenvalue weighted by atomic mass is 32.2. The van der Waals surface area contributed by atoms with Gasteiger partial charge in [-0.1, -0.05) is 6.92 Å². The molecule has 4 rings (SSSR count). The van der Waals surface area contributed by atoms with Crippen molar-refractivity contribution >= 4 is 23.6 Å². The number of aliphatic carboxylic acids is 1. The van der Waals surface area contributed by atoms with Crippen molar-refractivity contribution in [2.75, 3.05) is 19.6 Å². The SMILES string of the molecule is C[C@@H](O)[C@H]1C(=O)N2C(C(=O)O)=C(S[C@@H]3CN[C@H]([C@H](O)C4CCNC4)C3)[C@H](C)[C@H]12. The first-order valence-corrected chi connectivity index (χ1v) is 11.0. The monoisotopic (exact) mass is 411 g/mol. The molecule has 1 unspecified atom stereocenters. The fourth-order valence-electron chi connectivity index (χ4n) is 5.24. The summed E-state index contributed by atoms with van der Waals surface area (Å²) in [4.78, 5) is 26.4. The lowest BCUT2D eigenvalue weighted by Crippen LogP contribution is -2.63. The topological polar surface area (TPSA) is 122 Å². The zero-order chi connectivity index (χ0) is 20.2. The minimum atomic E-state index is -1.09. The van der Waals surface area contributed by atoms with Crippen molar-refractivity contribution in [3.05, 3.63) is 10.6 Å². The Bertz CT molecular complexity index is 693. The van der Waals surface area contributed by atoms with E-state index < -0.39 is 24.1 Å². The summed E-state index contributed by atoms with van der Waals surface area (Å²) in [5.74, 6) is -1.78. The molecule has 3 fully saturated rings. The summed E-state index contributed by atoms with van der Waals surface area (Å²) in [6, 6.07) is -0.265. The number of thioether (sulfide) groups is 1. The number of hydrogen-bond acceptors (Lipinski definition) is 7. The van der Waals surface area contributed by atoms with Crippen LogP contribution in [0.25, 0.3) is 0 Å². The van der Waals surface area contributed by atoms with Crippen LogP contribution in [-0.4, -0.2) is 81.3 Å². The second-order valence-corrected chi connectivity index (χ2v) is 9.85. The minimum Gasteiger partial charge on any atom is -0.477 e. The van der Waals surface area contributed by atoms with E-state index in [9.17, 15) is 24.9 Å². The van der Waals surface area contributed by atoms with Gasteiger partial charge in [0.25, 0.3) is 0 Å². The first kappa shape index (κ1) is 20.2. The van der Waals surface area contributed by atoms with Crippen molar-refractivity contribution in [1.82, 2.24) is 15.5 Å². The van der Waals surface area contributed by atoms with E-state index in [1.165, 1.54) is 16.7 Å². The molecular formula is C19H29N3O5S. The van der Waals surface area contributed by atoms with Crippen molar-refractivity contribution in [1.29, 1.82) is 0 Å². The molecule has 5 N–H and O–H groups in total. The Balaban J connectivity index is 1.47. The number of aliphatic hydroxyl groups is 2. The average Bonchev–Trinajstić information content (AvgIpc) is 3.35. The number of nitrogens with zero attached hydrogens (tertiary/aromatic N) is 1. The van der Waals surface area contributed by atoms with Crippen LogP contribution in [0.15, 0.2) is 10.6 Å². The number of carbonyl (C=O) groups is 2.